The van der Waals surface area contributed by atoms with Gasteiger partial charge < -0.3 is 14.2 Å². The lowest BCUT2D eigenvalue weighted by Crippen LogP contribution is -2.33. The number of fused-ring (bicyclic) bond motifs is 1. The van der Waals surface area contributed by atoms with E-state index in [1.807, 2.05) is 67.6 Å². The van der Waals surface area contributed by atoms with E-state index in [1.54, 1.807) is 21.1 Å². The summed E-state index contributed by atoms with van der Waals surface area (Å²) in [6.45, 7) is 3.94. The first-order valence-electron chi connectivity index (χ1n) is 9.67. The number of nitrogens with zero attached hydrogens (tertiary/aromatic N) is 1. The van der Waals surface area contributed by atoms with Crippen LogP contribution in [0.4, 0.5) is 0 Å². The van der Waals surface area contributed by atoms with Gasteiger partial charge in [0.1, 0.15) is 11.5 Å². The third-order valence-electron chi connectivity index (χ3n) is 4.73. The number of methoxy groups -OCH3 is 2. The SMILES string of the molecule is COCc1cc(/C(C)=N\NC(=O)[C@@H](C)Oc2ccc3ccccc3c2)ccc1OC. The molecule has 3 aromatic carbocycles. The molecule has 0 aliphatic rings. The highest BCUT2D eigenvalue weighted by molar-refractivity contribution is 5.99. The summed E-state index contributed by atoms with van der Waals surface area (Å²) in [5.74, 6) is 1.05. The van der Waals surface area contributed by atoms with Crippen LogP contribution in [0.2, 0.25) is 0 Å². The molecule has 0 bridgehead atoms. The maximum Gasteiger partial charge on any atom is 0.280 e. The molecular formula is C24H26N2O4. The van der Waals surface area contributed by atoms with Crippen LogP contribution in [0.5, 0.6) is 11.5 Å². The van der Waals surface area contributed by atoms with Gasteiger partial charge in [0.05, 0.1) is 19.4 Å². The van der Waals surface area contributed by atoms with Crippen LogP contribution < -0.4 is 14.9 Å². The second kappa shape index (κ2) is 9.89. The fraction of sp³-hybridized carbons (Fsp3) is 0.250. The van der Waals surface area contributed by atoms with Crippen molar-refractivity contribution in [1.29, 1.82) is 0 Å². The van der Waals surface area contributed by atoms with E-state index < -0.39 is 6.10 Å². The number of benzene rings is 3. The molecule has 0 saturated carbocycles. The first-order chi connectivity index (χ1) is 14.5. The number of hydrogen-bond donors (Lipinski definition) is 1. The normalized spacial score (nSPS) is 12.5. The third kappa shape index (κ3) is 5.15. The van der Waals surface area contributed by atoms with Crippen molar-refractivity contribution in [2.75, 3.05) is 14.2 Å². The van der Waals surface area contributed by atoms with Crippen molar-refractivity contribution >= 4 is 22.4 Å². The van der Waals surface area contributed by atoms with Gasteiger partial charge in [0.2, 0.25) is 0 Å². The van der Waals surface area contributed by atoms with E-state index in [0.717, 1.165) is 27.6 Å². The second-order valence-electron chi connectivity index (χ2n) is 6.90. The first kappa shape index (κ1) is 21.3. The van der Waals surface area contributed by atoms with Gasteiger partial charge in [-0.3, -0.25) is 4.79 Å². The fourth-order valence-electron chi connectivity index (χ4n) is 3.06. The molecule has 1 amide bonds. The summed E-state index contributed by atoms with van der Waals surface area (Å²) in [6, 6.07) is 19.4. The molecule has 30 heavy (non-hydrogen) atoms. The molecule has 0 radical (unpaired) electrons. The van der Waals surface area contributed by atoms with Gasteiger partial charge in [0.15, 0.2) is 6.10 Å². The molecule has 0 saturated heterocycles. The van der Waals surface area contributed by atoms with E-state index in [-0.39, 0.29) is 5.91 Å². The van der Waals surface area contributed by atoms with Crippen LogP contribution in [0.25, 0.3) is 10.8 Å². The smallest absolute Gasteiger partial charge is 0.280 e. The van der Waals surface area contributed by atoms with Crippen LogP contribution in [-0.4, -0.2) is 31.9 Å². The molecule has 0 aliphatic carbocycles. The molecule has 156 valence electrons. The van der Waals surface area contributed by atoms with E-state index in [2.05, 4.69) is 10.5 Å². The Kier molecular flexibility index (Phi) is 7.03. The quantitative estimate of drug-likeness (QED) is 0.447. The molecule has 0 heterocycles. The average Bonchev–Trinajstić information content (AvgIpc) is 2.77. The van der Waals surface area contributed by atoms with E-state index in [1.165, 1.54) is 0 Å². The number of rotatable bonds is 8. The fourth-order valence-corrected chi connectivity index (χ4v) is 3.06. The Bertz CT molecular complexity index is 1060. The van der Waals surface area contributed by atoms with Gasteiger partial charge in [0.25, 0.3) is 5.91 Å². The van der Waals surface area contributed by atoms with Gasteiger partial charge in [0, 0.05) is 12.7 Å². The highest BCUT2D eigenvalue weighted by Gasteiger charge is 2.15. The predicted molar refractivity (Wildman–Crippen MR) is 118 cm³/mol. The average molecular weight is 406 g/mol. The largest absolute Gasteiger partial charge is 0.496 e. The summed E-state index contributed by atoms with van der Waals surface area (Å²) in [5.41, 5.74) is 5.02. The van der Waals surface area contributed by atoms with Crippen molar-refractivity contribution in [2.24, 2.45) is 5.10 Å². The zero-order chi connectivity index (χ0) is 21.5. The number of hydrazone groups is 1. The van der Waals surface area contributed by atoms with E-state index in [0.29, 0.717) is 18.1 Å². The summed E-state index contributed by atoms with van der Waals surface area (Å²) < 4.78 is 16.3. The van der Waals surface area contributed by atoms with Crippen LogP contribution in [0.1, 0.15) is 25.0 Å². The van der Waals surface area contributed by atoms with Crippen molar-refractivity contribution in [2.45, 2.75) is 26.6 Å². The van der Waals surface area contributed by atoms with Gasteiger partial charge in [-0.15, -0.1) is 0 Å². The molecule has 0 fully saturated rings. The van der Waals surface area contributed by atoms with Gasteiger partial charge in [-0.05, 0) is 60.5 Å². The molecular weight excluding hydrogens is 380 g/mol. The van der Waals surface area contributed by atoms with Crippen LogP contribution in [0, 0.1) is 0 Å². The molecule has 1 atom stereocenters. The Morgan fingerprint density at radius 2 is 1.80 bits per heavy atom. The predicted octanol–water partition coefficient (Wildman–Crippen LogP) is 4.30. The van der Waals surface area contributed by atoms with Crippen molar-refractivity contribution in [3.05, 3.63) is 71.8 Å². The summed E-state index contributed by atoms with van der Waals surface area (Å²) >= 11 is 0. The van der Waals surface area contributed by atoms with Gasteiger partial charge in [-0.1, -0.05) is 30.3 Å². The zero-order valence-corrected chi connectivity index (χ0v) is 17.6. The number of amides is 1. The van der Waals surface area contributed by atoms with Crippen molar-refractivity contribution < 1.29 is 19.0 Å². The maximum atomic E-state index is 12.4. The molecule has 3 aromatic rings. The van der Waals surface area contributed by atoms with Gasteiger partial charge in [-0.2, -0.15) is 5.10 Å². The summed E-state index contributed by atoms with van der Waals surface area (Å²) in [6.07, 6.45) is -0.692. The summed E-state index contributed by atoms with van der Waals surface area (Å²) in [7, 11) is 3.25. The van der Waals surface area contributed by atoms with Crippen molar-refractivity contribution in [3.63, 3.8) is 0 Å². The lowest BCUT2D eigenvalue weighted by atomic mass is 10.1. The molecule has 0 aromatic heterocycles. The lowest BCUT2D eigenvalue weighted by Gasteiger charge is -2.14. The minimum Gasteiger partial charge on any atom is -0.496 e. The lowest BCUT2D eigenvalue weighted by molar-refractivity contribution is -0.127. The monoisotopic (exact) mass is 406 g/mol. The number of ether oxygens (including phenoxy) is 3. The van der Waals surface area contributed by atoms with Crippen molar-refractivity contribution in [1.82, 2.24) is 5.43 Å². The van der Waals surface area contributed by atoms with E-state index in [9.17, 15) is 4.79 Å². The van der Waals surface area contributed by atoms with Gasteiger partial charge in [-0.25, -0.2) is 5.43 Å². The second-order valence-corrected chi connectivity index (χ2v) is 6.90. The number of carbonyl (C=O) groups excluding carboxylic acids is 1. The minimum atomic E-state index is -0.692. The van der Waals surface area contributed by atoms with Crippen LogP contribution in [0.3, 0.4) is 0 Å². The molecule has 3 rings (SSSR count). The van der Waals surface area contributed by atoms with E-state index >= 15 is 0 Å². The minimum absolute atomic E-state index is 0.326. The Morgan fingerprint density at radius 3 is 2.53 bits per heavy atom. The number of nitrogens with one attached hydrogen (secondary N) is 1. The summed E-state index contributed by atoms with van der Waals surface area (Å²) in [5, 5.41) is 6.40. The molecule has 6 heteroatoms. The standard InChI is InChI=1S/C24H26N2O4/c1-16(19-10-12-23(29-4)21(13-19)15-28-3)25-26-24(27)17(2)30-22-11-9-18-7-5-6-8-20(18)14-22/h5-14,17H,15H2,1-4H3,(H,26,27)/b25-16-/t17-/m1/s1. The van der Waals surface area contributed by atoms with Crippen LogP contribution >= 0.6 is 0 Å². The number of hydrogen-bond acceptors (Lipinski definition) is 5. The van der Waals surface area contributed by atoms with Gasteiger partial charge >= 0.3 is 0 Å². The van der Waals surface area contributed by atoms with Crippen molar-refractivity contribution in [3.8, 4) is 11.5 Å². The Balaban J connectivity index is 1.65. The molecule has 0 spiro atoms. The molecule has 6 nitrogen and oxygen atoms in total. The Labute approximate surface area is 176 Å². The zero-order valence-electron chi connectivity index (χ0n) is 17.6. The third-order valence-corrected chi connectivity index (χ3v) is 4.73. The van der Waals surface area contributed by atoms with Crippen LogP contribution in [-0.2, 0) is 16.1 Å². The van der Waals surface area contributed by atoms with E-state index in [4.69, 9.17) is 14.2 Å². The first-order valence-corrected chi connectivity index (χ1v) is 9.67. The van der Waals surface area contributed by atoms with Crippen LogP contribution in [0.15, 0.2) is 65.8 Å². The summed E-state index contributed by atoms with van der Waals surface area (Å²) in [4.78, 5) is 12.4. The highest BCUT2D eigenvalue weighted by Crippen LogP contribution is 2.22. The number of carbonyl (C=O) groups is 1. The molecule has 0 aliphatic heterocycles. The molecule has 1 N–H and O–H groups in total. The Morgan fingerprint density at radius 1 is 1.03 bits per heavy atom. The molecule has 0 unspecified atom stereocenters. The maximum absolute atomic E-state index is 12.4. The topological polar surface area (TPSA) is 69.2 Å². The Hall–Kier alpha value is -3.38. The highest BCUT2D eigenvalue weighted by atomic mass is 16.5.